The maximum absolute atomic E-state index is 5.65. The summed E-state index contributed by atoms with van der Waals surface area (Å²) >= 11 is 3.45. The summed E-state index contributed by atoms with van der Waals surface area (Å²) < 4.78 is 0. The van der Waals surface area contributed by atoms with Gasteiger partial charge in [0.15, 0.2) is 0 Å². The molecule has 88 valence electrons. The highest BCUT2D eigenvalue weighted by Crippen LogP contribution is 2.26. The Balaban J connectivity index is 1.94. The second kappa shape index (κ2) is 4.86. The van der Waals surface area contributed by atoms with Gasteiger partial charge in [-0.15, -0.1) is 0 Å². The van der Waals surface area contributed by atoms with Crippen molar-refractivity contribution in [2.24, 2.45) is 5.41 Å². The molecule has 1 aromatic carbocycles. The van der Waals surface area contributed by atoms with E-state index in [1.165, 1.54) is 11.1 Å². The largest absolute Gasteiger partial charge is 0.298 e. The lowest BCUT2D eigenvalue weighted by molar-refractivity contribution is -0.117. The maximum Gasteiger partial charge on any atom is 0.0749 e. The third kappa shape index (κ3) is 3.06. The maximum atomic E-state index is 5.65. The number of rotatable bonds is 3. The Hall–Kier alpha value is -0.380. The summed E-state index contributed by atoms with van der Waals surface area (Å²) in [6.07, 6.45) is 0. The average molecular weight is 284 g/mol. The molecule has 1 aliphatic heterocycles. The molecule has 0 aromatic heterocycles. The second-order valence-electron chi connectivity index (χ2n) is 5.19. The zero-order valence-electron chi connectivity index (χ0n) is 9.87. The molecule has 1 aromatic rings. The molecule has 0 aliphatic carbocycles. The highest BCUT2D eigenvalue weighted by atomic mass is 79.9. The Morgan fingerprint density at radius 3 is 2.38 bits per heavy atom. The summed E-state index contributed by atoms with van der Waals surface area (Å²) in [7, 11) is 0. The predicted molar refractivity (Wildman–Crippen MR) is 69.2 cm³/mol. The van der Waals surface area contributed by atoms with Gasteiger partial charge in [-0.05, 0) is 11.1 Å². The van der Waals surface area contributed by atoms with Crippen LogP contribution in [0.5, 0.6) is 0 Å². The van der Waals surface area contributed by atoms with Crippen molar-refractivity contribution in [3.8, 4) is 0 Å². The van der Waals surface area contributed by atoms with E-state index in [-0.39, 0.29) is 5.41 Å². The van der Waals surface area contributed by atoms with E-state index in [4.69, 9.17) is 4.84 Å². The summed E-state index contributed by atoms with van der Waals surface area (Å²) in [5.41, 5.74) is 2.91. The fourth-order valence-electron chi connectivity index (χ4n) is 1.87. The molecule has 1 heterocycles. The lowest BCUT2D eigenvalue weighted by atomic mass is 9.96. The standard InChI is InChI=1S/C13H18BrNO/c1-13(2)9-15(16-10-13)8-12-5-3-11(7-14)4-6-12/h3-6H,7-10H2,1-2H3. The van der Waals surface area contributed by atoms with Crippen LogP contribution in [0.3, 0.4) is 0 Å². The number of alkyl halides is 1. The Labute approximate surface area is 106 Å². The van der Waals surface area contributed by atoms with Gasteiger partial charge < -0.3 is 0 Å². The third-order valence-electron chi connectivity index (χ3n) is 2.78. The molecule has 1 aliphatic rings. The van der Waals surface area contributed by atoms with Crippen molar-refractivity contribution in [3.63, 3.8) is 0 Å². The fourth-order valence-corrected chi connectivity index (χ4v) is 2.25. The molecule has 0 saturated carbocycles. The molecule has 0 spiro atoms. The van der Waals surface area contributed by atoms with Crippen LogP contribution in [-0.2, 0) is 16.7 Å². The first kappa shape index (κ1) is 12.1. The molecule has 0 amide bonds. The Bertz CT molecular complexity index is 347. The number of hydrogen-bond acceptors (Lipinski definition) is 2. The van der Waals surface area contributed by atoms with E-state index in [1.54, 1.807) is 0 Å². The van der Waals surface area contributed by atoms with Crippen molar-refractivity contribution >= 4 is 15.9 Å². The summed E-state index contributed by atoms with van der Waals surface area (Å²) in [5, 5.41) is 2.98. The molecule has 3 heteroatoms. The number of nitrogens with zero attached hydrogens (tertiary/aromatic N) is 1. The van der Waals surface area contributed by atoms with Crippen LogP contribution in [0.2, 0.25) is 0 Å². The molecule has 0 bridgehead atoms. The first-order valence-electron chi connectivity index (χ1n) is 5.61. The van der Waals surface area contributed by atoms with E-state index in [0.29, 0.717) is 0 Å². The minimum atomic E-state index is 0.287. The molecule has 0 unspecified atom stereocenters. The van der Waals surface area contributed by atoms with Crippen molar-refractivity contribution < 1.29 is 4.84 Å². The van der Waals surface area contributed by atoms with E-state index in [0.717, 1.165) is 25.0 Å². The average Bonchev–Trinajstić information content (AvgIpc) is 2.59. The van der Waals surface area contributed by atoms with Crippen LogP contribution >= 0.6 is 15.9 Å². The molecule has 2 rings (SSSR count). The fraction of sp³-hybridized carbons (Fsp3) is 0.538. The number of hydrogen-bond donors (Lipinski definition) is 0. The number of halogens is 1. The predicted octanol–water partition coefficient (Wildman–Crippen LogP) is 3.35. The van der Waals surface area contributed by atoms with E-state index < -0.39 is 0 Å². The first-order chi connectivity index (χ1) is 7.59. The van der Waals surface area contributed by atoms with Crippen molar-refractivity contribution in [3.05, 3.63) is 35.4 Å². The Kier molecular flexibility index (Phi) is 3.67. The minimum Gasteiger partial charge on any atom is -0.298 e. The number of hydroxylamine groups is 2. The van der Waals surface area contributed by atoms with E-state index >= 15 is 0 Å². The molecular formula is C13H18BrNO. The molecule has 0 atom stereocenters. The van der Waals surface area contributed by atoms with E-state index in [1.807, 2.05) is 0 Å². The summed E-state index contributed by atoms with van der Waals surface area (Å²) in [5.74, 6) is 0. The van der Waals surface area contributed by atoms with Crippen LogP contribution < -0.4 is 0 Å². The van der Waals surface area contributed by atoms with Crippen LogP contribution in [0.4, 0.5) is 0 Å². The normalized spacial score (nSPS) is 20.2. The minimum absolute atomic E-state index is 0.287. The quantitative estimate of drug-likeness (QED) is 0.789. The molecule has 1 fully saturated rings. The summed E-state index contributed by atoms with van der Waals surface area (Å²) in [6.45, 7) is 7.19. The Morgan fingerprint density at radius 2 is 1.88 bits per heavy atom. The molecular weight excluding hydrogens is 266 g/mol. The van der Waals surface area contributed by atoms with Crippen molar-refractivity contribution in [2.75, 3.05) is 13.2 Å². The van der Waals surface area contributed by atoms with Gasteiger partial charge in [-0.2, -0.15) is 5.06 Å². The molecule has 0 N–H and O–H groups in total. The van der Waals surface area contributed by atoms with Gasteiger partial charge in [0.05, 0.1) is 6.61 Å². The first-order valence-corrected chi connectivity index (χ1v) is 6.73. The highest BCUT2D eigenvalue weighted by molar-refractivity contribution is 9.08. The van der Waals surface area contributed by atoms with Crippen molar-refractivity contribution in [1.29, 1.82) is 0 Å². The molecule has 1 saturated heterocycles. The van der Waals surface area contributed by atoms with Crippen LogP contribution in [-0.4, -0.2) is 18.2 Å². The van der Waals surface area contributed by atoms with Crippen molar-refractivity contribution in [2.45, 2.75) is 25.7 Å². The smallest absolute Gasteiger partial charge is 0.0749 e. The molecule has 16 heavy (non-hydrogen) atoms. The monoisotopic (exact) mass is 283 g/mol. The van der Waals surface area contributed by atoms with Gasteiger partial charge in [0.2, 0.25) is 0 Å². The van der Waals surface area contributed by atoms with Gasteiger partial charge in [0, 0.05) is 23.8 Å². The Morgan fingerprint density at radius 1 is 1.25 bits per heavy atom. The number of benzene rings is 1. The lowest BCUT2D eigenvalue weighted by Crippen LogP contribution is -2.22. The van der Waals surface area contributed by atoms with Gasteiger partial charge in [0.1, 0.15) is 0 Å². The van der Waals surface area contributed by atoms with Crippen LogP contribution in [0.1, 0.15) is 25.0 Å². The SMILES string of the molecule is CC1(C)CON(Cc2ccc(CBr)cc2)C1. The zero-order valence-corrected chi connectivity index (χ0v) is 11.5. The van der Waals surface area contributed by atoms with Gasteiger partial charge in [-0.3, -0.25) is 4.84 Å². The topological polar surface area (TPSA) is 12.5 Å². The van der Waals surface area contributed by atoms with Crippen LogP contribution in [0.25, 0.3) is 0 Å². The van der Waals surface area contributed by atoms with Crippen LogP contribution in [0, 0.1) is 5.41 Å². The summed E-state index contributed by atoms with van der Waals surface area (Å²) in [6, 6.07) is 8.66. The van der Waals surface area contributed by atoms with Gasteiger partial charge in [-0.25, -0.2) is 0 Å². The van der Waals surface area contributed by atoms with Gasteiger partial charge >= 0.3 is 0 Å². The van der Waals surface area contributed by atoms with Gasteiger partial charge in [0.25, 0.3) is 0 Å². The van der Waals surface area contributed by atoms with E-state index in [9.17, 15) is 0 Å². The van der Waals surface area contributed by atoms with Crippen molar-refractivity contribution in [1.82, 2.24) is 5.06 Å². The third-order valence-corrected chi connectivity index (χ3v) is 3.43. The summed E-state index contributed by atoms with van der Waals surface area (Å²) in [4.78, 5) is 5.65. The second-order valence-corrected chi connectivity index (χ2v) is 5.75. The molecule has 0 radical (unpaired) electrons. The lowest BCUT2D eigenvalue weighted by Gasteiger charge is -2.16. The van der Waals surface area contributed by atoms with Crippen LogP contribution in [0.15, 0.2) is 24.3 Å². The molecule has 2 nitrogen and oxygen atoms in total. The van der Waals surface area contributed by atoms with E-state index in [2.05, 4.69) is 59.1 Å². The van der Waals surface area contributed by atoms with Gasteiger partial charge in [-0.1, -0.05) is 54.0 Å². The highest BCUT2D eigenvalue weighted by Gasteiger charge is 2.30. The zero-order chi connectivity index (χ0) is 11.6.